The SMILES string of the molecule is CN1CC(C(=O)NCc2cccc(CN3CCCC3=O)c2)NC1=O. The Bertz CT molecular complexity index is 661. The van der Waals surface area contributed by atoms with Gasteiger partial charge in [-0.15, -0.1) is 0 Å². The monoisotopic (exact) mass is 330 g/mol. The molecule has 2 fully saturated rings. The Morgan fingerprint density at radius 2 is 2.12 bits per heavy atom. The van der Waals surface area contributed by atoms with Crippen LogP contribution in [0.4, 0.5) is 4.79 Å². The second-order valence-corrected chi connectivity index (χ2v) is 6.34. The Kier molecular flexibility index (Phi) is 4.69. The van der Waals surface area contributed by atoms with Crippen LogP contribution in [0.15, 0.2) is 24.3 Å². The third-order valence-corrected chi connectivity index (χ3v) is 4.42. The van der Waals surface area contributed by atoms with E-state index in [1.54, 1.807) is 7.05 Å². The molecule has 0 aromatic heterocycles. The fraction of sp³-hybridized carbons (Fsp3) is 0.471. The van der Waals surface area contributed by atoms with E-state index < -0.39 is 6.04 Å². The summed E-state index contributed by atoms with van der Waals surface area (Å²) in [5.41, 5.74) is 2.04. The van der Waals surface area contributed by atoms with E-state index in [-0.39, 0.29) is 17.8 Å². The Morgan fingerprint density at radius 3 is 2.79 bits per heavy atom. The highest BCUT2D eigenvalue weighted by atomic mass is 16.2. The van der Waals surface area contributed by atoms with Gasteiger partial charge in [0.25, 0.3) is 0 Å². The number of urea groups is 1. The van der Waals surface area contributed by atoms with Crippen LogP contribution in [0.2, 0.25) is 0 Å². The van der Waals surface area contributed by atoms with Crippen molar-refractivity contribution in [2.45, 2.75) is 32.0 Å². The Hall–Kier alpha value is -2.57. The van der Waals surface area contributed by atoms with Crippen LogP contribution < -0.4 is 10.6 Å². The number of benzene rings is 1. The van der Waals surface area contributed by atoms with Gasteiger partial charge in [0, 0.05) is 33.1 Å². The zero-order valence-electron chi connectivity index (χ0n) is 13.7. The molecule has 7 heteroatoms. The van der Waals surface area contributed by atoms with Gasteiger partial charge in [-0.3, -0.25) is 9.59 Å². The summed E-state index contributed by atoms with van der Waals surface area (Å²) in [5.74, 6) is 0.0163. The molecule has 2 saturated heterocycles. The second kappa shape index (κ2) is 6.90. The largest absolute Gasteiger partial charge is 0.350 e. The van der Waals surface area contributed by atoms with Crippen LogP contribution in [0, 0.1) is 0 Å². The van der Waals surface area contributed by atoms with E-state index in [0.717, 1.165) is 24.1 Å². The zero-order chi connectivity index (χ0) is 17.1. The number of hydrogen-bond acceptors (Lipinski definition) is 3. The summed E-state index contributed by atoms with van der Waals surface area (Å²) in [6, 6.07) is 7.13. The molecule has 128 valence electrons. The average Bonchev–Trinajstić information content (AvgIpc) is 3.12. The summed E-state index contributed by atoms with van der Waals surface area (Å²) < 4.78 is 0. The fourth-order valence-electron chi connectivity index (χ4n) is 3.05. The van der Waals surface area contributed by atoms with Crippen molar-refractivity contribution in [2.75, 3.05) is 20.1 Å². The van der Waals surface area contributed by atoms with Gasteiger partial charge in [0.05, 0.1) is 6.54 Å². The van der Waals surface area contributed by atoms with Gasteiger partial charge in [-0.2, -0.15) is 0 Å². The van der Waals surface area contributed by atoms with Crippen LogP contribution in [0.5, 0.6) is 0 Å². The molecule has 2 heterocycles. The normalized spacial score (nSPS) is 20.5. The van der Waals surface area contributed by atoms with Crippen molar-refractivity contribution >= 4 is 17.8 Å². The van der Waals surface area contributed by atoms with Crippen LogP contribution in [-0.4, -0.2) is 53.8 Å². The molecule has 24 heavy (non-hydrogen) atoms. The predicted octanol–water partition coefficient (Wildman–Crippen LogP) is 0.449. The third kappa shape index (κ3) is 3.67. The fourth-order valence-corrected chi connectivity index (χ4v) is 3.05. The van der Waals surface area contributed by atoms with Gasteiger partial charge in [0.15, 0.2) is 0 Å². The maximum Gasteiger partial charge on any atom is 0.317 e. The van der Waals surface area contributed by atoms with Crippen molar-refractivity contribution in [2.24, 2.45) is 0 Å². The quantitative estimate of drug-likeness (QED) is 0.822. The molecule has 0 aliphatic carbocycles. The van der Waals surface area contributed by atoms with Crippen LogP contribution in [0.1, 0.15) is 24.0 Å². The summed E-state index contributed by atoms with van der Waals surface area (Å²) in [5, 5.41) is 5.49. The molecule has 0 saturated carbocycles. The lowest BCUT2D eigenvalue weighted by Crippen LogP contribution is -2.42. The van der Waals surface area contributed by atoms with Gasteiger partial charge in [0.1, 0.15) is 6.04 Å². The molecule has 2 aliphatic rings. The molecule has 0 radical (unpaired) electrons. The van der Waals surface area contributed by atoms with Crippen molar-refractivity contribution in [1.82, 2.24) is 20.4 Å². The summed E-state index contributed by atoms with van der Waals surface area (Å²) in [4.78, 5) is 38.6. The van der Waals surface area contributed by atoms with Crippen LogP contribution >= 0.6 is 0 Å². The second-order valence-electron chi connectivity index (χ2n) is 6.34. The van der Waals surface area contributed by atoms with E-state index in [4.69, 9.17) is 0 Å². The molecular formula is C17H22N4O3. The van der Waals surface area contributed by atoms with E-state index >= 15 is 0 Å². The van der Waals surface area contributed by atoms with Crippen molar-refractivity contribution in [1.29, 1.82) is 0 Å². The Balaban J connectivity index is 1.54. The first-order valence-corrected chi connectivity index (χ1v) is 8.18. The zero-order valence-corrected chi connectivity index (χ0v) is 13.7. The molecule has 1 atom stereocenters. The van der Waals surface area contributed by atoms with Crippen LogP contribution in [0.3, 0.4) is 0 Å². The van der Waals surface area contributed by atoms with E-state index in [1.165, 1.54) is 4.90 Å². The first-order valence-electron chi connectivity index (χ1n) is 8.18. The maximum absolute atomic E-state index is 12.1. The van der Waals surface area contributed by atoms with Gasteiger partial charge in [-0.25, -0.2) is 4.79 Å². The minimum atomic E-state index is -0.507. The van der Waals surface area contributed by atoms with Crippen LogP contribution in [-0.2, 0) is 22.7 Å². The predicted molar refractivity (Wildman–Crippen MR) is 87.9 cm³/mol. The third-order valence-electron chi connectivity index (χ3n) is 4.42. The van der Waals surface area contributed by atoms with Crippen molar-refractivity contribution in [3.05, 3.63) is 35.4 Å². The number of likely N-dealkylation sites (N-methyl/N-ethyl adjacent to an activating group) is 1. The Morgan fingerprint density at radius 1 is 1.33 bits per heavy atom. The lowest BCUT2D eigenvalue weighted by atomic mass is 10.1. The topological polar surface area (TPSA) is 81.8 Å². The lowest BCUT2D eigenvalue weighted by molar-refractivity contribution is -0.128. The summed E-state index contributed by atoms with van der Waals surface area (Å²) in [6.07, 6.45) is 1.56. The van der Waals surface area contributed by atoms with Crippen molar-refractivity contribution in [3.63, 3.8) is 0 Å². The minimum Gasteiger partial charge on any atom is -0.350 e. The van der Waals surface area contributed by atoms with E-state index in [1.807, 2.05) is 29.2 Å². The summed E-state index contributed by atoms with van der Waals surface area (Å²) >= 11 is 0. The molecule has 3 rings (SSSR count). The summed E-state index contributed by atoms with van der Waals surface area (Å²) in [7, 11) is 1.66. The number of hydrogen-bond donors (Lipinski definition) is 2. The highest BCUT2D eigenvalue weighted by Crippen LogP contribution is 2.15. The van der Waals surface area contributed by atoms with Gasteiger partial charge in [-0.05, 0) is 17.5 Å². The van der Waals surface area contributed by atoms with Crippen molar-refractivity contribution in [3.8, 4) is 0 Å². The summed E-state index contributed by atoms with van der Waals surface area (Å²) in [6.45, 7) is 2.21. The molecular weight excluding hydrogens is 308 g/mol. The van der Waals surface area contributed by atoms with Crippen molar-refractivity contribution < 1.29 is 14.4 Å². The number of likely N-dealkylation sites (tertiary alicyclic amines) is 1. The average molecular weight is 330 g/mol. The number of carbonyl (C=O) groups is 3. The molecule has 2 aliphatic heterocycles. The standard InChI is InChI=1S/C17H22N4O3/c1-20-11-14(19-17(20)24)16(23)18-9-12-4-2-5-13(8-12)10-21-7-3-6-15(21)22/h2,4-5,8,14H,3,6-7,9-11H2,1H3,(H,18,23)(H,19,24). The smallest absolute Gasteiger partial charge is 0.317 e. The first-order chi connectivity index (χ1) is 11.5. The molecule has 2 N–H and O–H groups in total. The molecule has 0 spiro atoms. The maximum atomic E-state index is 12.1. The highest BCUT2D eigenvalue weighted by Gasteiger charge is 2.30. The number of carbonyl (C=O) groups excluding carboxylic acids is 3. The number of nitrogens with zero attached hydrogens (tertiary/aromatic N) is 2. The van der Waals surface area contributed by atoms with Gasteiger partial charge in [0.2, 0.25) is 11.8 Å². The molecule has 1 aromatic rings. The number of amides is 4. The molecule has 7 nitrogen and oxygen atoms in total. The number of nitrogens with one attached hydrogen (secondary N) is 2. The molecule has 0 bridgehead atoms. The van der Waals surface area contributed by atoms with Gasteiger partial charge >= 0.3 is 6.03 Å². The van der Waals surface area contributed by atoms with E-state index in [9.17, 15) is 14.4 Å². The molecule has 1 aromatic carbocycles. The van der Waals surface area contributed by atoms with Crippen LogP contribution in [0.25, 0.3) is 0 Å². The van der Waals surface area contributed by atoms with Gasteiger partial charge in [-0.1, -0.05) is 24.3 Å². The van der Waals surface area contributed by atoms with E-state index in [2.05, 4.69) is 10.6 Å². The highest BCUT2D eigenvalue weighted by molar-refractivity contribution is 5.90. The number of rotatable bonds is 5. The van der Waals surface area contributed by atoms with Gasteiger partial charge < -0.3 is 20.4 Å². The first kappa shape index (κ1) is 16.3. The molecule has 4 amide bonds. The van der Waals surface area contributed by atoms with E-state index in [0.29, 0.717) is 26.1 Å². The minimum absolute atomic E-state index is 0.187. The molecule has 1 unspecified atom stereocenters. The Labute approximate surface area is 141 Å². The lowest BCUT2D eigenvalue weighted by Gasteiger charge is -2.16.